The van der Waals surface area contributed by atoms with Gasteiger partial charge in [0.1, 0.15) is 10.7 Å². The quantitative estimate of drug-likeness (QED) is 0.858. The molecule has 1 aliphatic heterocycles. The van der Waals surface area contributed by atoms with Gasteiger partial charge < -0.3 is 10.2 Å². The number of hydrogen-bond donors (Lipinski definition) is 1. The molecule has 1 aliphatic rings. The summed E-state index contributed by atoms with van der Waals surface area (Å²) in [6, 6.07) is 6.72. The first-order valence-corrected chi connectivity index (χ1v) is 9.62. The molecule has 25 heavy (non-hydrogen) atoms. The minimum Gasteiger partial charge on any atom is -0.334 e. The van der Waals surface area contributed by atoms with Crippen LogP contribution >= 0.6 is 11.3 Å². The number of aromatic nitrogens is 1. The molecule has 0 radical (unpaired) electrons. The van der Waals surface area contributed by atoms with Crippen molar-refractivity contribution >= 4 is 17.2 Å². The van der Waals surface area contributed by atoms with Crippen LogP contribution in [0.1, 0.15) is 45.7 Å². The van der Waals surface area contributed by atoms with Crippen molar-refractivity contribution in [2.75, 3.05) is 19.6 Å². The zero-order valence-corrected chi connectivity index (χ0v) is 15.5. The van der Waals surface area contributed by atoms with E-state index >= 15 is 0 Å². The molecule has 0 saturated carbocycles. The van der Waals surface area contributed by atoms with E-state index in [1.807, 2.05) is 11.8 Å². The number of nitrogens with one attached hydrogen (secondary N) is 1. The van der Waals surface area contributed by atoms with Crippen LogP contribution in [0.15, 0.2) is 24.3 Å². The fraction of sp³-hybridized carbons (Fsp3) is 0.474. The standard InChI is InChI=1S/C19H24FN3OS/c1-3-10-23(16-8-9-21-12-16)19(24)18-13(2)22-17(25-18)11-14-4-6-15(20)7-5-14/h4-7,16,21H,3,8-12H2,1-2H3. The lowest BCUT2D eigenvalue weighted by Crippen LogP contribution is -2.42. The first-order chi connectivity index (χ1) is 12.1. The molecule has 1 aromatic heterocycles. The van der Waals surface area contributed by atoms with Gasteiger partial charge in [-0.2, -0.15) is 0 Å². The number of carbonyl (C=O) groups is 1. The summed E-state index contributed by atoms with van der Waals surface area (Å²) in [7, 11) is 0. The van der Waals surface area contributed by atoms with E-state index in [1.54, 1.807) is 12.1 Å². The van der Waals surface area contributed by atoms with Crippen LogP contribution in [0.5, 0.6) is 0 Å². The van der Waals surface area contributed by atoms with Crippen LogP contribution in [-0.2, 0) is 6.42 Å². The molecule has 2 aromatic rings. The van der Waals surface area contributed by atoms with Gasteiger partial charge in [0.2, 0.25) is 0 Å². The van der Waals surface area contributed by atoms with Crippen molar-refractivity contribution in [2.45, 2.75) is 39.2 Å². The van der Waals surface area contributed by atoms with Crippen molar-refractivity contribution in [3.63, 3.8) is 0 Å². The Morgan fingerprint density at radius 1 is 1.40 bits per heavy atom. The van der Waals surface area contributed by atoms with Gasteiger partial charge in [0, 0.05) is 25.6 Å². The Labute approximate surface area is 152 Å². The predicted octanol–water partition coefficient (Wildman–Crippen LogP) is 3.40. The van der Waals surface area contributed by atoms with Gasteiger partial charge in [0.25, 0.3) is 5.91 Å². The zero-order chi connectivity index (χ0) is 17.8. The monoisotopic (exact) mass is 361 g/mol. The van der Waals surface area contributed by atoms with Gasteiger partial charge in [-0.1, -0.05) is 19.1 Å². The second-order valence-electron chi connectivity index (χ2n) is 6.47. The van der Waals surface area contributed by atoms with Crippen molar-refractivity contribution in [3.8, 4) is 0 Å². The number of amides is 1. The molecule has 1 N–H and O–H groups in total. The molecule has 0 spiro atoms. The summed E-state index contributed by atoms with van der Waals surface area (Å²) in [5.41, 5.74) is 1.79. The third kappa shape index (κ3) is 4.25. The van der Waals surface area contributed by atoms with Crippen LogP contribution in [0.4, 0.5) is 4.39 Å². The zero-order valence-electron chi connectivity index (χ0n) is 14.7. The Hall–Kier alpha value is -1.79. The number of halogens is 1. The number of benzene rings is 1. The van der Waals surface area contributed by atoms with Crippen molar-refractivity contribution in [1.29, 1.82) is 0 Å². The Morgan fingerprint density at radius 3 is 2.80 bits per heavy atom. The normalized spacial score (nSPS) is 17.0. The number of hydrogen-bond acceptors (Lipinski definition) is 4. The summed E-state index contributed by atoms with van der Waals surface area (Å²) in [6.45, 7) is 6.61. The highest BCUT2D eigenvalue weighted by Crippen LogP contribution is 2.24. The van der Waals surface area contributed by atoms with Crippen LogP contribution in [0.25, 0.3) is 0 Å². The van der Waals surface area contributed by atoms with E-state index in [1.165, 1.54) is 23.5 Å². The van der Waals surface area contributed by atoms with Crippen LogP contribution in [0, 0.1) is 12.7 Å². The molecule has 134 valence electrons. The molecule has 0 bridgehead atoms. The molecule has 1 amide bonds. The summed E-state index contributed by atoms with van der Waals surface area (Å²) in [5, 5.41) is 4.23. The summed E-state index contributed by atoms with van der Waals surface area (Å²) in [5.74, 6) is -0.147. The van der Waals surface area contributed by atoms with Gasteiger partial charge in [-0.05, 0) is 44.0 Å². The van der Waals surface area contributed by atoms with E-state index in [0.717, 1.165) is 53.6 Å². The molecule has 6 heteroatoms. The lowest BCUT2D eigenvalue weighted by atomic mass is 10.1. The molecule has 1 saturated heterocycles. The van der Waals surface area contributed by atoms with Gasteiger partial charge in [-0.3, -0.25) is 4.79 Å². The minimum absolute atomic E-state index is 0.0934. The van der Waals surface area contributed by atoms with Crippen molar-refractivity contribution in [2.24, 2.45) is 0 Å². The Bertz CT molecular complexity index is 723. The second-order valence-corrected chi connectivity index (χ2v) is 7.55. The molecule has 0 aliphatic carbocycles. The van der Waals surface area contributed by atoms with Crippen molar-refractivity contribution in [1.82, 2.24) is 15.2 Å². The Morgan fingerprint density at radius 2 is 2.16 bits per heavy atom. The topological polar surface area (TPSA) is 45.2 Å². The van der Waals surface area contributed by atoms with E-state index in [9.17, 15) is 9.18 Å². The van der Waals surface area contributed by atoms with E-state index in [2.05, 4.69) is 17.2 Å². The molecule has 4 nitrogen and oxygen atoms in total. The molecule has 3 rings (SSSR count). The summed E-state index contributed by atoms with van der Waals surface area (Å²) in [6.07, 6.45) is 2.58. The molecule has 2 heterocycles. The second kappa shape index (κ2) is 8.06. The van der Waals surface area contributed by atoms with E-state index in [-0.39, 0.29) is 17.8 Å². The number of aryl methyl sites for hydroxylation is 1. The average molecular weight is 361 g/mol. The van der Waals surface area contributed by atoms with Crippen LogP contribution < -0.4 is 5.32 Å². The van der Waals surface area contributed by atoms with Gasteiger partial charge in [0.15, 0.2) is 0 Å². The van der Waals surface area contributed by atoms with Crippen molar-refractivity contribution < 1.29 is 9.18 Å². The van der Waals surface area contributed by atoms with E-state index in [0.29, 0.717) is 6.42 Å². The van der Waals surface area contributed by atoms with E-state index < -0.39 is 0 Å². The van der Waals surface area contributed by atoms with E-state index in [4.69, 9.17) is 0 Å². The molecule has 1 atom stereocenters. The fourth-order valence-electron chi connectivity index (χ4n) is 3.23. The minimum atomic E-state index is -0.240. The first-order valence-electron chi connectivity index (χ1n) is 8.81. The highest BCUT2D eigenvalue weighted by atomic mass is 32.1. The maximum Gasteiger partial charge on any atom is 0.266 e. The number of carbonyl (C=O) groups excluding carboxylic acids is 1. The maximum absolute atomic E-state index is 13.1. The highest BCUT2D eigenvalue weighted by Gasteiger charge is 2.29. The molecule has 1 fully saturated rings. The fourth-order valence-corrected chi connectivity index (χ4v) is 4.28. The third-order valence-corrected chi connectivity index (χ3v) is 5.65. The number of nitrogens with zero attached hydrogens (tertiary/aromatic N) is 2. The van der Waals surface area contributed by atoms with Gasteiger partial charge >= 0.3 is 0 Å². The smallest absolute Gasteiger partial charge is 0.266 e. The number of rotatable bonds is 6. The molecule has 1 unspecified atom stereocenters. The lowest BCUT2D eigenvalue weighted by molar-refractivity contribution is 0.0696. The summed E-state index contributed by atoms with van der Waals surface area (Å²) >= 11 is 1.46. The first kappa shape index (κ1) is 18.0. The average Bonchev–Trinajstić information content (AvgIpc) is 3.24. The SMILES string of the molecule is CCCN(C(=O)c1sc(Cc2ccc(F)cc2)nc1C)C1CCNC1. The summed E-state index contributed by atoms with van der Waals surface area (Å²) < 4.78 is 13.0. The third-order valence-electron chi connectivity index (χ3n) is 4.50. The van der Waals surface area contributed by atoms with Crippen LogP contribution in [0.3, 0.4) is 0 Å². The largest absolute Gasteiger partial charge is 0.334 e. The van der Waals surface area contributed by atoms with Gasteiger partial charge in [-0.15, -0.1) is 11.3 Å². The van der Waals surface area contributed by atoms with Gasteiger partial charge in [-0.25, -0.2) is 9.37 Å². The molecular weight excluding hydrogens is 337 g/mol. The van der Waals surface area contributed by atoms with Gasteiger partial charge in [0.05, 0.1) is 10.7 Å². The Kier molecular flexibility index (Phi) is 5.81. The molecule has 1 aromatic carbocycles. The maximum atomic E-state index is 13.1. The number of thiazole rings is 1. The Balaban J connectivity index is 1.77. The lowest BCUT2D eigenvalue weighted by Gasteiger charge is -2.27. The molecular formula is C19H24FN3OS. The highest BCUT2D eigenvalue weighted by molar-refractivity contribution is 7.13. The summed E-state index contributed by atoms with van der Waals surface area (Å²) in [4.78, 5) is 20.4. The van der Waals surface area contributed by atoms with Crippen LogP contribution in [-0.4, -0.2) is 41.5 Å². The van der Waals surface area contributed by atoms with Crippen LogP contribution in [0.2, 0.25) is 0 Å². The van der Waals surface area contributed by atoms with Crippen molar-refractivity contribution in [3.05, 3.63) is 51.2 Å². The predicted molar refractivity (Wildman–Crippen MR) is 98.7 cm³/mol.